The monoisotopic (exact) mass is 421 g/mol. The summed E-state index contributed by atoms with van der Waals surface area (Å²) >= 11 is 2.03. The van der Waals surface area contributed by atoms with Gasteiger partial charge in [0.1, 0.15) is 0 Å². The summed E-state index contributed by atoms with van der Waals surface area (Å²) in [6.45, 7) is 10.1. The highest BCUT2D eigenvalue weighted by molar-refractivity contribution is 7.99. The van der Waals surface area contributed by atoms with Crippen LogP contribution in [0.4, 0.5) is 11.9 Å². The lowest BCUT2D eigenvalue weighted by atomic mass is 9.97. The molecule has 0 aromatic carbocycles. The van der Waals surface area contributed by atoms with Crippen molar-refractivity contribution in [3.05, 3.63) is 0 Å². The predicted molar refractivity (Wildman–Crippen MR) is 115 cm³/mol. The van der Waals surface area contributed by atoms with Crippen molar-refractivity contribution in [2.45, 2.75) is 19.0 Å². The van der Waals surface area contributed by atoms with Gasteiger partial charge in [0, 0.05) is 49.3 Å². The van der Waals surface area contributed by atoms with Gasteiger partial charge < -0.3 is 19.7 Å². The summed E-state index contributed by atoms with van der Waals surface area (Å²) in [5.74, 6) is 4.24. The highest BCUT2D eigenvalue weighted by Gasteiger charge is 2.34. The van der Waals surface area contributed by atoms with Crippen molar-refractivity contribution >= 4 is 29.4 Å². The van der Waals surface area contributed by atoms with Crippen molar-refractivity contribution in [2.75, 3.05) is 82.1 Å². The second-order valence-corrected chi connectivity index (χ2v) is 9.15. The van der Waals surface area contributed by atoms with Gasteiger partial charge in [0.15, 0.2) is 0 Å². The second kappa shape index (κ2) is 9.30. The molecule has 29 heavy (non-hydrogen) atoms. The van der Waals surface area contributed by atoms with E-state index in [1.807, 2.05) is 16.4 Å². The molecule has 10 heteroatoms. The number of rotatable bonds is 6. The van der Waals surface area contributed by atoms with Gasteiger partial charge >= 0.3 is 0 Å². The smallest absolute Gasteiger partial charge is 0.249 e. The molecule has 1 aromatic heterocycles. The molecule has 0 saturated carbocycles. The van der Waals surface area contributed by atoms with Crippen molar-refractivity contribution < 1.29 is 9.47 Å². The van der Waals surface area contributed by atoms with E-state index >= 15 is 0 Å². The lowest BCUT2D eigenvalue weighted by molar-refractivity contribution is 0.0374. The molecule has 0 amide bonds. The molecule has 9 nitrogen and oxygen atoms in total. The summed E-state index contributed by atoms with van der Waals surface area (Å²) in [5.41, 5.74) is 1.28. The van der Waals surface area contributed by atoms with E-state index in [-0.39, 0.29) is 0 Å². The Balaban J connectivity index is 1.20. The topological polar surface area (TPSA) is 80.0 Å². The van der Waals surface area contributed by atoms with Crippen molar-refractivity contribution in [2.24, 2.45) is 10.9 Å². The van der Waals surface area contributed by atoms with Gasteiger partial charge in [0.25, 0.3) is 0 Å². The van der Waals surface area contributed by atoms with Crippen LogP contribution in [-0.2, 0) is 16.0 Å². The maximum Gasteiger partial charge on any atom is 0.249 e. The van der Waals surface area contributed by atoms with Crippen molar-refractivity contribution in [3.63, 3.8) is 0 Å². The molecule has 0 aliphatic carbocycles. The Morgan fingerprint density at radius 2 is 1.83 bits per heavy atom. The van der Waals surface area contributed by atoms with Crippen LogP contribution in [0.25, 0.3) is 0 Å². The van der Waals surface area contributed by atoms with Crippen molar-refractivity contribution in [1.29, 1.82) is 0 Å². The largest absolute Gasteiger partial charge is 0.379 e. The number of ether oxygens (including phenoxy) is 2. The van der Waals surface area contributed by atoms with Gasteiger partial charge in [-0.05, 0) is 19.5 Å². The maximum absolute atomic E-state index is 5.45. The van der Waals surface area contributed by atoms with Crippen LogP contribution in [0.3, 0.4) is 0 Å². The third kappa shape index (κ3) is 4.61. The number of aliphatic imine (C=N–C) groups is 1. The Hall–Kier alpha value is -1.20. The fourth-order valence-corrected chi connectivity index (χ4v) is 5.64. The number of hydrogen-bond donors (Lipinski definition) is 1. The van der Waals surface area contributed by atoms with Crippen LogP contribution in [0.15, 0.2) is 4.99 Å². The first-order valence-electron chi connectivity index (χ1n) is 10.8. The number of nitrogens with one attached hydrogen (secondary N) is 1. The number of morpholine rings is 2. The van der Waals surface area contributed by atoms with Crippen LogP contribution >= 0.6 is 11.8 Å². The van der Waals surface area contributed by atoms with E-state index in [0.717, 1.165) is 102 Å². The van der Waals surface area contributed by atoms with Crippen molar-refractivity contribution in [1.82, 2.24) is 25.0 Å². The summed E-state index contributed by atoms with van der Waals surface area (Å²) in [6.07, 6.45) is 1.16. The molecule has 2 atom stereocenters. The van der Waals surface area contributed by atoms with Crippen LogP contribution in [-0.4, -0.2) is 109 Å². The van der Waals surface area contributed by atoms with E-state index in [2.05, 4.69) is 15.1 Å². The van der Waals surface area contributed by atoms with Crippen LogP contribution in [0.1, 0.15) is 6.42 Å². The quantitative estimate of drug-likeness (QED) is 0.655. The highest BCUT2D eigenvalue weighted by atomic mass is 32.2. The molecule has 1 N–H and O–H groups in total. The van der Waals surface area contributed by atoms with E-state index in [4.69, 9.17) is 24.5 Å². The summed E-state index contributed by atoms with van der Waals surface area (Å²) in [4.78, 5) is 14.4. The van der Waals surface area contributed by atoms with Crippen LogP contribution < -0.4 is 10.2 Å². The molecule has 5 heterocycles. The normalized spacial score (nSPS) is 28.0. The van der Waals surface area contributed by atoms with E-state index in [0.29, 0.717) is 12.0 Å². The number of hydrogen-bond acceptors (Lipinski definition) is 9. The summed E-state index contributed by atoms with van der Waals surface area (Å²) in [7, 11) is 0. The molecule has 4 aliphatic rings. The number of anilines is 1. The zero-order valence-electron chi connectivity index (χ0n) is 17.0. The molecule has 3 fully saturated rings. The minimum Gasteiger partial charge on any atom is -0.379 e. The lowest BCUT2D eigenvalue weighted by Crippen LogP contribution is -2.49. The lowest BCUT2D eigenvalue weighted by Gasteiger charge is -2.34. The number of thioether (sulfide) groups is 1. The predicted octanol–water partition coefficient (Wildman–Crippen LogP) is 0.244. The first-order chi connectivity index (χ1) is 14.4. The SMILES string of the molecule is C(CNC1CSCC2Cn3nc(N4CCOCC4)nc3N=C21)CN1CCOCC1. The molecule has 3 saturated heterocycles. The second-order valence-electron chi connectivity index (χ2n) is 8.08. The van der Waals surface area contributed by atoms with E-state index < -0.39 is 0 Å². The fraction of sp³-hybridized carbons (Fsp3) is 0.842. The Bertz CT molecular complexity index is 715. The maximum atomic E-state index is 5.45. The summed E-state index contributed by atoms with van der Waals surface area (Å²) in [6, 6.07) is 0.348. The Morgan fingerprint density at radius 1 is 1.03 bits per heavy atom. The molecule has 160 valence electrons. The molecule has 4 aliphatic heterocycles. The Labute approximate surface area is 176 Å². The van der Waals surface area contributed by atoms with Crippen LogP contribution in [0.5, 0.6) is 0 Å². The zero-order valence-corrected chi connectivity index (χ0v) is 17.8. The number of aromatic nitrogens is 3. The molecule has 0 spiro atoms. The van der Waals surface area contributed by atoms with Gasteiger partial charge in [-0.15, -0.1) is 5.10 Å². The number of fused-ring (bicyclic) bond motifs is 2. The first kappa shape index (κ1) is 19.7. The average Bonchev–Trinajstić information content (AvgIpc) is 3.20. The van der Waals surface area contributed by atoms with Gasteiger partial charge in [0.2, 0.25) is 11.9 Å². The average molecular weight is 422 g/mol. The first-order valence-corrected chi connectivity index (χ1v) is 12.0. The third-order valence-corrected chi connectivity index (χ3v) is 7.29. The van der Waals surface area contributed by atoms with E-state index in [9.17, 15) is 0 Å². The van der Waals surface area contributed by atoms with Gasteiger partial charge in [-0.3, -0.25) is 4.90 Å². The Morgan fingerprint density at radius 3 is 2.66 bits per heavy atom. The minimum atomic E-state index is 0.348. The molecular formula is C19H31N7O2S. The van der Waals surface area contributed by atoms with Crippen LogP contribution in [0, 0.1) is 5.92 Å². The van der Waals surface area contributed by atoms with Crippen molar-refractivity contribution in [3.8, 4) is 0 Å². The van der Waals surface area contributed by atoms with Crippen LogP contribution in [0.2, 0.25) is 0 Å². The third-order valence-electron chi connectivity index (χ3n) is 6.08. The molecule has 2 unspecified atom stereocenters. The van der Waals surface area contributed by atoms with Gasteiger partial charge in [-0.25, -0.2) is 9.67 Å². The molecule has 0 bridgehead atoms. The Kier molecular flexibility index (Phi) is 6.33. The standard InChI is InChI=1S/C19H31N7O2S/c1(3-24-4-8-27-9-5-24)2-20-16-14-29-13-15-12-26-18(21-17(15)16)22-19(23-26)25-6-10-28-11-7-25/h15-16,20H,1-14H2. The van der Waals surface area contributed by atoms with Gasteiger partial charge in [-0.1, -0.05) is 0 Å². The highest BCUT2D eigenvalue weighted by Crippen LogP contribution is 2.30. The van der Waals surface area contributed by atoms with E-state index in [1.54, 1.807) is 0 Å². The number of nitrogens with zero attached hydrogens (tertiary/aromatic N) is 6. The molecular weight excluding hydrogens is 390 g/mol. The van der Waals surface area contributed by atoms with Gasteiger partial charge in [0.05, 0.1) is 39.0 Å². The summed E-state index contributed by atoms with van der Waals surface area (Å²) < 4.78 is 12.9. The summed E-state index contributed by atoms with van der Waals surface area (Å²) in [5, 5.41) is 8.51. The molecule has 1 aromatic rings. The molecule has 5 rings (SSSR count). The van der Waals surface area contributed by atoms with Gasteiger partial charge in [-0.2, -0.15) is 16.7 Å². The van der Waals surface area contributed by atoms with E-state index in [1.165, 1.54) is 5.71 Å². The fourth-order valence-electron chi connectivity index (χ4n) is 4.42. The minimum absolute atomic E-state index is 0.348. The zero-order chi connectivity index (χ0) is 19.5. The molecule has 0 radical (unpaired) electrons.